The molecule has 102 valence electrons. The first kappa shape index (κ1) is 12.9. The molecule has 3 nitrogen and oxygen atoms in total. The molecule has 2 aromatic heterocycles. The van der Waals surface area contributed by atoms with Crippen molar-refractivity contribution in [2.24, 2.45) is 0 Å². The lowest BCUT2D eigenvalue weighted by molar-refractivity contribution is 0.0705. The molecular formula is C17H18N2O. The molecule has 3 aromatic rings. The Hall–Kier alpha value is -2.13. The Morgan fingerprint density at radius 3 is 2.55 bits per heavy atom. The second-order valence-corrected chi connectivity index (χ2v) is 5.58. The molecule has 0 saturated heterocycles. The van der Waals surface area contributed by atoms with Crippen LogP contribution < -0.4 is 0 Å². The average molecular weight is 266 g/mol. The fourth-order valence-electron chi connectivity index (χ4n) is 2.52. The summed E-state index contributed by atoms with van der Waals surface area (Å²) >= 11 is 0. The van der Waals surface area contributed by atoms with Gasteiger partial charge >= 0.3 is 0 Å². The normalized spacial score (nSPS) is 11.9. The van der Waals surface area contributed by atoms with Crippen molar-refractivity contribution in [3.63, 3.8) is 0 Å². The molecular weight excluding hydrogens is 248 g/mol. The summed E-state index contributed by atoms with van der Waals surface area (Å²) in [4.78, 5) is 4.46. The van der Waals surface area contributed by atoms with Crippen LogP contribution in [0.2, 0.25) is 0 Å². The Balaban J connectivity index is 2.16. The number of fused-ring (bicyclic) bond motifs is 1. The maximum absolute atomic E-state index is 10.4. The SMILES string of the molecule is CC(C)(O)c1cc2cccnc2n1Cc1ccccc1. The zero-order valence-electron chi connectivity index (χ0n) is 11.7. The lowest BCUT2D eigenvalue weighted by Gasteiger charge is -2.20. The number of rotatable bonds is 3. The predicted octanol–water partition coefficient (Wildman–Crippen LogP) is 3.31. The molecule has 0 aliphatic heterocycles. The van der Waals surface area contributed by atoms with Crippen molar-refractivity contribution < 1.29 is 5.11 Å². The van der Waals surface area contributed by atoms with Gasteiger partial charge in [0.1, 0.15) is 5.65 Å². The fourth-order valence-corrected chi connectivity index (χ4v) is 2.52. The van der Waals surface area contributed by atoms with Crippen LogP contribution in [0.1, 0.15) is 25.1 Å². The lowest BCUT2D eigenvalue weighted by Crippen LogP contribution is -2.21. The van der Waals surface area contributed by atoms with E-state index in [1.165, 1.54) is 5.56 Å². The van der Waals surface area contributed by atoms with Crippen LogP contribution in [0.15, 0.2) is 54.7 Å². The van der Waals surface area contributed by atoms with Gasteiger partial charge in [0, 0.05) is 18.1 Å². The van der Waals surface area contributed by atoms with Crippen LogP contribution in [0, 0.1) is 0 Å². The molecule has 0 aliphatic carbocycles. The minimum atomic E-state index is -0.893. The Labute approximate surface area is 118 Å². The molecule has 0 fully saturated rings. The van der Waals surface area contributed by atoms with E-state index in [-0.39, 0.29) is 0 Å². The van der Waals surface area contributed by atoms with Crippen LogP contribution in [0.5, 0.6) is 0 Å². The summed E-state index contributed by atoms with van der Waals surface area (Å²) in [5.41, 5.74) is 2.10. The summed E-state index contributed by atoms with van der Waals surface area (Å²) < 4.78 is 2.09. The van der Waals surface area contributed by atoms with Crippen LogP contribution in [-0.2, 0) is 12.1 Å². The number of aromatic nitrogens is 2. The van der Waals surface area contributed by atoms with E-state index in [1.807, 2.05) is 50.2 Å². The van der Waals surface area contributed by atoms with Crippen molar-refractivity contribution in [3.05, 3.63) is 66.0 Å². The minimum Gasteiger partial charge on any atom is -0.384 e. The lowest BCUT2D eigenvalue weighted by atomic mass is 10.1. The highest BCUT2D eigenvalue weighted by Crippen LogP contribution is 2.27. The first-order valence-electron chi connectivity index (χ1n) is 6.77. The quantitative estimate of drug-likeness (QED) is 0.789. The van der Waals surface area contributed by atoms with Crippen molar-refractivity contribution in [2.45, 2.75) is 26.0 Å². The van der Waals surface area contributed by atoms with E-state index in [0.29, 0.717) is 6.54 Å². The van der Waals surface area contributed by atoms with Crippen LogP contribution >= 0.6 is 0 Å². The third kappa shape index (κ3) is 2.32. The highest BCUT2D eigenvalue weighted by Gasteiger charge is 2.23. The van der Waals surface area contributed by atoms with Gasteiger partial charge in [-0.3, -0.25) is 0 Å². The van der Waals surface area contributed by atoms with Gasteiger partial charge in [-0.25, -0.2) is 4.98 Å². The maximum Gasteiger partial charge on any atom is 0.140 e. The van der Waals surface area contributed by atoms with Crippen LogP contribution in [0.4, 0.5) is 0 Å². The second kappa shape index (κ2) is 4.76. The maximum atomic E-state index is 10.4. The van der Waals surface area contributed by atoms with E-state index in [9.17, 15) is 5.11 Å². The van der Waals surface area contributed by atoms with Gasteiger partial charge in [0.25, 0.3) is 0 Å². The standard InChI is InChI=1S/C17H18N2O/c1-17(2,20)15-11-14-9-6-10-18-16(14)19(15)12-13-7-4-3-5-8-13/h3-11,20H,12H2,1-2H3. The predicted molar refractivity (Wildman–Crippen MR) is 80.5 cm³/mol. The average Bonchev–Trinajstić information content (AvgIpc) is 2.79. The number of aliphatic hydroxyl groups is 1. The molecule has 3 heteroatoms. The molecule has 2 heterocycles. The number of nitrogens with zero attached hydrogens (tertiary/aromatic N) is 2. The molecule has 0 aliphatic rings. The van der Waals surface area contributed by atoms with Gasteiger partial charge in [0.05, 0.1) is 11.3 Å². The monoisotopic (exact) mass is 266 g/mol. The first-order chi connectivity index (χ1) is 9.55. The Bertz CT molecular complexity index is 724. The summed E-state index contributed by atoms with van der Waals surface area (Å²) in [6, 6.07) is 16.2. The Morgan fingerprint density at radius 2 is 1.85 bits per heavy atom. The van der Waals surface area contributed by atoms with Gasteiger partial charge in [-0.15, -0.1) is 0 Å². The molecule has 3 rings (SSSR count). The molecule has 0 radical (unpaired) electrons. The van der Waals surface area contributed by atoms with Crippen molar-refractivity contribution in [3.8, 4) is 0 Å². The minimum absolute atomic E-state index is 0.709. The summed E-state index contributed by atoms with van der Waals surface area (Å²) in [5.74, 6) is 0. The molecule has 0 saturated carbocycles. The van der Waals surface area contributed by atoms with Crippen molar-refractivity contribution in [2.75, 3.05) is 0 Å². The molecule has 0 spiro atoms. The second-order valence-electron chi connectivity index (χ2n) is 5.58. The van der Waals surface area contributed by atoms with Crippen LogP contribution in [-0.4, -0.2) is 14.7 Å². The molecule has 0 unspecified atom stereocenters. The van der Waals surface area contributed by atoms with Crippen LogP contribution in [0.3, 0.4) is 0 Å². The van der Waals surface area contributed by atoms with Gasteiger partial charge in [0.2, 0.25) is 0 Å². The highest BCUT2D eigenvalue weighted by atomic mass is 16.3. The van der Waals surface area contributed by atoms with E-state index in [0.717, 1.165) is 16.7 Å². The Kier molecular flexibility index (Phi) is 3.07. The summed E-state index contributed by atoms with van der Waals surface area (Å²) in [7, 11) is 0. The van der Waals surface area contributed by atoms with Gasteiger partial charge in [-0.05, 0) is 37.6 Å². The number of hydrogen-bond acceptors (Lipinski definition) is 2. The van der Waals surface area contributed by atoms with E-state index < -0.39 is 5.60 Å². The first-order valence-corrected chi connectivity index (χ1v) is 6.77. The zero-order valence-corrected chi connectivity index (χ0v) is 11.7. The summed E-state index contributed by atoms with van der Waals surface area (Å²) in [6.45, 7) is 4.33. The molecule has 0 bridgehead atoms. The fraction of sp³-hybridized carbons (Fsp3) is 0.235. The van der Waals surface area contributed by atoms with Crippen molar-refractivity contribution in [1.82, 2.24) is 9.55 Å². The van der Waals surface area contributed by atoms with Gasteiger partial charge in [-0.1, -0.05) is 30.3 Å². The molecule has 20 heavy (non-hydrogen) atoms. The van der Waals surface area contributed by atoms with Gasteiger partial charge in [-0.2, -0.15) is 0 Å². The van der Waals surface area contributed by atoms with E-state index in [2.05, 4.69) is 21.7 Å². The zero-order chi connectivity index (χ0) is 14.2. The number of pyridine rings is 1. The smallest absolute Gasteiger partial charge is 0.140 e. The Morgan fingerprint density at radius 1 is 1.10 bits per heavy atom. The van der Waals surface area contributed by atoms with E-state index >= 15 is 0 Å². The van der Waals surface area contributed by atoms with Crippen LogP contribution in [0.25, 0.3) is 11.0 Å². The molecule has 0 amide bonds. The number of hydrogen-bond donors (Lipinski definition) is 1. The topological polar surface area (TPSA) is 38.1 Å². The molecule has 1 N–H and O–H groups in total. The third-order valence-corrected chi connectivity index (χ3v) is 3.47. The molecule has 1 aromatic carbocycles. The molecule has 0 atom stereocenters. The van der Waals surface area contributed by atoms with E-state index in [4.69, 9.17) is 0 Å². The van der Waals surface area contributed by atoms with E-state index in [1.54, 1.807) is 6.20 Å². The largest absolute Gasteiger partial charge is 0.384 e. The van der Waals surface area contributed by atoms with Gasteiger partial charge < -0.3 is 9.67 Å². The summed E-state index contributed by atoms with van der Waals surface area (Å²) in [5, 5.41) is 11.5. The van der Waals surface area contributed by atoms with Crippen molar-refractivity contribution in [1.29, 1.82) is 0 Å². The number of benzene rings is 1. The third-order valence-electron chi connectivity index (χ3n) is 3.47. The van der Waals surface area contributed by atoms with Gasteiger partial charge in [0.15, 0.2) is 0 Å². The van der Waals surface area contributed by atoms with Crippen molar-refractivity contribution >= 4 is 11.0 Å². The highest BCUT2D eigenvalue weighted by molar-refractivity contribution is 5.77. The summed E-state index contributed by atoms with van der Waals surface area (Å²) in [6.07, 6.45) is 1.79.